The number of aryl methyl sites for hydroxylation is 1. The predicted octanol–water partition coefficient (Wildman–Crippen LogP) is 3.09. The van der Waals surface area contributed by atoms with Crippen LogP contribution in [-0.4, -0.2) is 17.1 Å². The summed E-state index contributed by atoms with van der Waals surface area (Å²) in [6.45, 7) is 2.00. The van der Waals surface area contributed by atoms with Crippen molar-refractivity contribution in [2.24, 2.45) is 11.0 Å². The van der Waals surface area contributed by atoms with Crippen LogP contribution in [0.4, 0.5) is 0 Å². The molecule has 0 saturated heterocycles. The van der Waals surface area contributed by atoms with Crippen LogP contribution in [0, 0.1) is 12.8 Å². The molecule has 2 atom stereocenters. The number of hydrogen-bond acceptors (Lipinski definition) is 3. The predicted molar refractivity (Wildman–Crippen MR) is 102 cm³/mol. The summed E-state index contributed by atoms with van der Waals surface area (Å²) in [6, 6.07) is 17.6. The Hall–Kier alpha value is -3.21. The minimum absolute atomic E-state index is 0.0490. The molecule has 0 unspecified atom stereocenters. The topological polar surface area (TPSA) is 74.3 Å². The lowest BCUT2D eigenvalue weighted by molar-refractivity contribution is -0.122. The van der Waals surface area contributed by atoms with Gasteiger partial charge in [0.1, 0.15) is 0 Å². The lowest BCUT2D eigenvalue weighted by Gasteiger charge is -2.02. The summed E-state index contributed by atoms with van der Waals surface area (Å²) in [5, 5.41) is 4.91. The molecule has 130 valence electrons. The first-order valence-electron chi connectivity index (χ1n) is 8.63. The molecule has 0 bridgehead atoms. The fourth-order valence-electron chi connectivity index (χ4n) is 3.24. The molecule has 4 rings (SSSR count). The van der Waals surface area contributed by atoms with Crippen molar-refractivity contribution in [3.63, 3.8) is 0 Å². The normalized spacial score (nSPS) is 19.0. The van der Waals surface area contributed by atoms with E-state index in [1.165, 1.54) is 11.8 Å². The Bertz CT molecular complexity index is 1050. The van der Waals surface area contributed by atoms with E-state index in [-0.39, 0.29) is 23.3 Å². The Morgan fingerprint density at radius 2 is 2.00 bits per heavy atom. The van der Waals surface area contributed by atoms with E-state index in [9.17, 15) is 9.59 Å². The van der Waals surface area contributed by atoms with Gasteiger partial charge in [-0.15, -0.1) is 0 Å². The van der Waals surface area contributed by atoms with Gasteiger partial charge in [-0.05, 0) is 48.4 Å². The van der Waals surface area contributed by atoms with E-state index in [1.54, 1.807) is 6.07 Å². The molecule has 0 aliphatic heterocycles. The highest BCUT2D eigenvalue weighted by atomic mass is 16.2. The number of hydrogen-bond donors (Lipinski definition) is 2. The molecule has 26 heavy (non-hydrogen) atoms. The van der Waals surface area contributed by atoms with Crippen LogP contribution >= 0.6 is 0 Å². The standard InChI is InChI=1S/C21H19N3O2/c1-13-7-8-19-15(9-13)10-16(20(25)23-19)12-22-24-21(26)18-11-17(18)14-5-3-2-4-6-14/h2-10,12,17-18H,11H2,1H3,(H,23,25)(H,24,26)/t17-,18+/m1/s1. The van der Waals surface area contributed by atoms with Gasteiger partial charge in [0.25, 0.3) is 5.56 Å². The van der Waals surface area contributed by atoms with Crippen LogP contribution in [0.2, 0.25) is 0 Å². The minimum atomic E-state index is -0.229. The van der Waals surface area contributed by atoms with Crippen molar-refractivity contribution in [3.05, 3.63) is 81.6 Å². The summed E-state index contributed by atoms with van der Waals surface area (Å²) in [7, 11) is 0. The Balaban J connectivity index is 1.44. The number of pyridine rings is 1. The molecule has 2 aromatic carbocycles. The number of nitrogens with zero attached hydrogens (tertiary/aromatic N) is 1. The SMILES string of the molecule is Cc1ccc2[nH]c(=O)c(C=NNC(=O)[C@H]3C[C@@H]3c3ccccc3)cc2c1. The first-order chi connectivity index (χ1) is 12.6. The van der Waals surface area contributed by atoms with Crippen LogP contribution in [0.1, 0.15) is 29.0 Å². The molecule has 5 heteroatoms. The molecule has 1 aliphatic carbocycles. The van der Waals surface area contributed by atoms with Gasteiger partial charge in [-0.3, -0.25) is 9.59 Å². The zero-order chi connectivity index (χ0) is 18.1. The molecule has 5 nitrogen and oxygen atoms in total. The largest absolute Gasteiger partial charge is 0.321 e. The van der Waals surface area contributed by atoms with E-state index < -0.39 is 0 Å². The molecule has 0 radical (unpaired) electrons. The van der Waals surface area contributed by atoms with Crippen molar-refractivity contribution in [3.8, 4) is 0 Å². The van der Waals surface area contributed by atoms with E-state index in [1.807, 2.05) is 55.5 Å². The van der Waals surface area contributed by atoms with Crippen LogP contribution in [0.25, 0.3) is 10.9 Å². The number of H-pyrrole nitrogens is 1. The first kappa shape index (κ1) is 16.3. The first-order valence-corrected chi connectivity index (χ1v) is 8.63. The summed E-state index contributed by atoms with van der Waals surface area (Å²) in [4.78, 5) is 27.2. The van der Waals surface area contributed by atoms with Crippen LogP contribution in [0.5, 0.6) is 0 Å². The third kappa shape index (κ3) is 3.28. The molecule has 1 aliphatic rings. The van der Waals surface area contributed by atoms with E-state index >= 15 is 0 Å². The van der Waals surface area contributed by atoms with Gasteiger partial charge < -0.3 is 4.98 Å². The zero-order valence-electron chi connectivity index (χ0n) is 14.4. The average Bonchev–Trinajstić information content (AvgIpc) is 3.44. The fraction of sp³-hybridized carbons (Fsp3) is 0.190. The highest BCUT2D eigenvalue weighted by molar-refractivity contribution is 5.89. The number of fused-ring (bicyclic) bond motifs is 1. The molecule has 1 fully saturated rings. The van der Waals surface area contributed by atoms with Crippen molar-refractivity contribution >= 4 is 23.0 Å². The van der Waals surface area contributed by atoms with Crippen LogP contribution in [0.3, 0.4) is 0 Å². The Labute approximate surface area is 150 Å². The monoisotopic (exact) mass is 345 g/mol. The molecular weight excluding hydrogens is 326 g/mol. The van der Waals surface area contributed by atoms with E-state index in [4.69, 9.17) is 0 Å². The smallest absolute Gasteiger partial charge is 0.257 e. The maximum absolute atomic E-state index is 12.2. The summed E-state index contributed by atoms with van der Waals surface area (Å²) < 4.78 is 0. The maximum Gasteiger partial charge on any atom is 0.257 e. The second-order valence-electron chi connectivity index (χ2n) is 6.74. The second-order valence-corrected chi connectivity index (χ2v) is 6.74. The Kier molecular flexibility index (Phi) is 4.13. The number of aromatic nitrogens is 1. The number of nitrogens with one attached hydrogen (secondary N) is 2. The van der Waals surface area contributed by atoms with Gasteiger partial charge in [-0.1, -0.05) is 42.0 Å². The summed E-state index contributed by atoms with van der Waals surface area (Å²) >= 11 is 0. The van der Waals surface area contributed by atoms with Gasteiger partial charge in [-0.2, -0.15) is 5.10 Å². The average molecular weight is 345 g/mol. The number of rotatable bonds is 4. The van der Waals surface area contributed by atoms with Crippen molar-refractivity contribution in [2.45, 2.75) is 19.3 Å². The van der Waals surface area contributed by atoms with Crippen molar-refractivity contribution in [1.82, 2.24) is 10.4 Å². The summed E-state index contributed by atoms with van der Waals surface area (Å²) in [5.74, 6) is 0.105. The van der Waals surface area contributed by atoms with E-state index in [0.717, 1.165) is 22.9 Å². The van der Waals surface area contributed by atoms with Gasteiger partial charge in [-0.25, -0.2) is 5.43 Å². The molecule has 3 aromatic rings. The summed E-state index contributed by atoms with van der Waals surface area (Å²) in [6.07, 6.45) is 2.24. The third-order valence-electron chi connectivity index (χ3n) is 4.76. The lowest BCUT2D eigenvalue weighted by atomic mass is 10.1. The van der Waals surface area contributed by atoms with Crippen molar-refractivity contribution in [1.29, 1.82) is 0 Å². The highest BCUT2D eigenvalue weighted by Gasteiger charge is 2.43. The third-order valence-corrected chi connectivity index (χ3v) is 4.76. The number of benzene rings is 2. The molecular formula is C21H19N3O2. The van der Waals surface area contributed by atoms with Gasteiger partial charge in [0, 0.05) is 11.4 Å². The van der Waals surface area contributed by atoms with E-state index in [2.05, 4.69) is 15.5 Å². The van der Waals surface area contributed by atoms with Crippen LogP contribution < -0.4 is 11.0 Å². The highest BCUT2D eigenvalue weighted by Crippen LogP contribution is 2.47. The number of amides is 1. The molecule has 1 aromatic heterocycles. The van der Waals surface area contributed by atoms with Crippen LogP contribution in [-0.2, 0) is 4.79 Å². The molecule has 1 heterocycles. The molecule has 1 amide bonds. The second kappa shape index (κ2) is 6.59. The van der Waals surface area contributed by atoms with Gasteiger partial charge >= 0.3 is 0 Å². The lowest BCUT2D eigenvalue weighted by Crippen LogP contribution is -2.21. The molecule has 2 N–H and O–H groups in total. The van der Waals surface area contributed by atoms with Gasteiger partial charge in [0.2, 0.25) is 5.91 Å². The minimum Gasteiger partial charge on any atom is -0.321 e. The maximum atomic E-state index is 12.2. The molecule has 1 saturated carbocycles. The fourth-order valence-corrected chi connectivity index (χ4v) is 3.24. The van der Waals surface area contributed by atoms with Crippen molar-refractivity contribution in [2.75, 3.05) is 0 Å². The van der Waals surface area contributed by atoms with Gasteiger partial charge in [0.15, 0.2) is 0 Å². The molecule has 0 spiro atoms. The number of aromatic amines is 1. The van der Waals surface area contributed by atoms with Crippen LogP contribution in [0.15, 0.2) is 64.5 Å². The van der Waals surface area contributed by atoms with E-state index in [0.29, 0.717) is 5.56 Å². The Morgan fingerprint density at radius 3 is 2.81 bits per heavy atom. The zero-order valence-corrected chi connectivity index (χ0v) is 14.4. The van der Waals surface area contributed by atoms with Gasteiger partial charge in [0.05, 0.1) is 11.8 Å². The number of carbonyl (C=O) groups is 1. The summed E-state index contributed by atoms with van der Waals surface area (Å²) in [5.41, 5.74) is 5.82. The quantitative estimate of drug-likeness (QED) is 0.563. The number of hydrazone groups is 1. The number of carbonyl (C=O) groups excluding carboxylic acids is 1. The van der Waals surface area contributed by atoms with Crippen molar-refractivity contribution < 1.29 is 4.79 Å². The Morgan fingerprint density at radius 1 is 1.19 bits per heavy atom.